The maximum absolute atomic E-state index is 12.3. The summed E-state index contributed by atoms with van der Waals surface area (Å²) in [6.07, 6.45) is 1.36. The van der Waals surface area contributed by atoms with Crippen molar-refractivity contribution in [1.29, 1.82) is 0 Å². The van der Waals surface area contributed by atoms with E-state index in [9.17, 15) is 9.59 Å². The number of carbonyl (C=O) groups is 2. The molecule has 2 N–H and O–H groups in total. The molecule has 0 saturated heterocycles. The fraction of sp³-hybridized carbons (Fsp3) is 0.294. The highest BCUT2D eigenvalue weighted by Gasteiger charge is 2.16. The van der Waals surface area contributed by atoms with Crippen molar-refractivity contribution in [2.75, 3.05) is 6.54 Å². The van der Waals surface area contributed by atoms with Gasteiger partial charge < -0.3 is 14.8 Å². The van der Waals surface area contributed by atoms with Gasteiger partial charge in [-0.05, 0) is 24.1 Å². The number of thioether (sulfide) groups is 1. The van der Waals surface area contributed by atoms with Gasteiger partial charge in [0.15, 0.2) is 0 Å². The minimum absolute atomic E-state index is 0.125. The zero-order valence-electron chi connectivity index (χ0n) is 13.0. The minimum atomic E-state index is -1.02. The van der Waals surface area contributed by atoms with E-state index < -0.39 is 5.97 Å². The van der Waals surface area contributed by atoms with Crippen LogP contribution in [-0.2, 0) is 5.75 Å². The van der Waals surface area contributed by atoms with Crippen molar-refractivity contribution in [3.8, 4) is 0 Å². The summed E-state index contributed by atoms with van der Waals surface area (Å²) in [7, 11) is 0. The molecule has 23 heavy (non-hydrogen) atoms. The first-order valence-corrected chi connectivity index (χ1v) is 8.27. The molecule has 0 aliphatic carbocycles. The molecule has 0 saturated carbocycles. The number of benzene rings is 1. The van der Waals surface area contributed by atoms with Crippen LogP contribution in [0.3, 0.4) is 0 Å². The van der Waals surface area contributed by atoms with E-state index in [-0.39, 0.29) is 11.5 Å². The van der Waals surface area contributed by atoms with Gasteiger partial charge in [0.2, 0.25) is 0 Å². The van der Waals surface area contributed by atoms with Gasteiger partial charge >= 0.3 is 5.97 Å². The molecule has 0 bridgehead atoms. The summed E-state index contributed by atoms with van der Waals surface area (Å²) in [5.41, 5.74) is 0.737. The van der Waals surface area contributed by atoms with Crippen LogP contribution < -0.4 is 5.32 Å². The van der Waals surface area contributed by atoms with Gasteiger partial charge in [0.25, 0.3) is 5.91 Å². The van der Waals surface area contributed by atoms with Gasteiger partial charge in [0, 0.05) is 11.4 Å². The minimum Gasteiger partial charge on any atom is -0.478 e. The van der Waals surface area contributed by atoms with Crippen molar-refractivity contribution >= 4 is 23.6 Å². The van der Waals surface area contributed by atoms with E-state index in [2.05, 4.69) is 5.32 Å². The van der Waals surface area contributed by atoms with E-state index in [1.807, 2.05) is 32.0 Å². The third-order valence-electron chi connectivity index (χ3n) is 3.14. The van der Waals surface area contributed by atoms with E-state index in [0.29, 0.717) is 29.5 Å². The Kier molecular flexibility index (Phi) is 5.87. The van der Waals surface area contributed by atoms with Crippen LogP contribution in [0.25, 0.3) is 0 Å². The predicted octanol–water partition coefficient (Wildman–Crippen LogP) is 3.66. The Morgan fingerprint density at radius 2 is 1.96 bits per heavy atom. The summed E-state index contributed by atoms with van der Waals surface area (Å²) < 4.78 is 5.22. The third kappa shape index (κ3) is 4.63. The Hall–Kier alpha value is -2.21. The second-order valence-electron chi connectivity index (χ2n) is 5.45. The van der Waals surface area contributed by atoms with E-state index in [1.165, 1.54) is 24.1 Å². The Morgan fingerprint density at radius 1 is 1.22 bits per heavy atom. The summed E-state index contributed by atoms with van der Waals surface area (Å²) in [4.78, 5) is 24.1. The first-order valence-electron chi connectivity index (χ1n) is 7.28. The molecule has 0 aliphatic heterocycles. The molecule has 5 nitrogen and oxygen atoms in total. The molecule has 2 aromatic rings. The zero-order chi connectivity index (χ0) is 16.8. The molecule has 0 spiro atoms. The number of carbonyl (C=O) groups excluding carboxylic acids is 1. The molecular formula is C17H19NO4S. The maximum Gasteiger partial charge on any atom is 0.339 e. The van der Waals surface area contributed by atoms with Crippen LogP contribution >= 0.6 is 11.8 Å². The van der Waals surface area contributed by atoms with Crippen LogP contribution in [-0.4, -0.2) is 23.5 Å². The zero-order valence-corrected chi connectivity index (χ0v) is 13.9. The molecule has 2 rings (SSSR count). The summed E-state index contributed by atoms with van der Waals surface area (Å²) in [6.45, 7) is 4.68. The Morgan fingerprint density at radius 3 is 2.65 bits per heavy atom. The van der Waals surface area contributed by atoms with Gasteiger partial charge in [0.1, 0.15) is 11.3 Å². The molecule has 1 amide bonds. The first kappa shape index (κ1) is 17.1. The lowest BCUT2D eigenvalue weighted by atomic mass is 10.2. The summed E-state index contributed by atoms with van der Waals surface area (Å²) in [6, 6.07) is 8.70. The first-order chi connectivity index (χ1) is 11.0. The topological polar surface area (TPSA) is 79.5 Å². The lowest BCUT2D eigenvalue weighted by Gasteiger charge is -2.11. The predicted molar refractivity (Wildman–Crippen MR) is 88.8 cm³/mol. The van der Waals surface area contributed by atoms with Crippen molar-refractivity contribution in [2.45, 2.75) is 24.5 Å². The normalized spacial score (nSPS) is 10.7. The molecule has 0 fully saturated rings. The highest BCUT2D eigenvalue weighted by atomic mass is 32.2. The van der Waals surface area contributed by atoms with Crippen molar-refractivity contribution in [2.24, 2.45) is 5.92 Å². The molecule has 1 aromatic carbocycles. The monoisotopic (exact) mass is 333 g/mol. The highest BCUT2D eigenvalue weighted by Crippen LogP contribution is 2.28. The van der Waals surface area contributed by atoms with Crippen molar-refractivity contribution in [1.82, 2.24) is 5.32 Å². The Balaban J connectivity index is 2.10. The molecule has 0 radical (unpaired) electrons. The smallest absolute Gasteiger partial charge is 0.339 e. The van der Waals surface area contributed by atoms with Crippen LogP contribution in [0.5, 0.6) is 0 Å². The molecule has 6 heteroatoms. The molecule has 0 unspecified atom stereocenters. The van der Waals surface area contributed by atoms with Gasteiger partial charge in [0.05, 0.1) is 17.6 Å². The average molecular weight is 333 g/mol. The number of carboxylic acids is 1. The third-order valence-corrected chi connectivity index (χ3v) is 4.21. The molecule has 1 heterocycles. The second-order valence-corrected chi connectivity index (χ2v) is 6.47. The lowest BCUT2D eigenvalue weighted by Crippen LogP contribution is -2.27. The van der Waals surface area contributed by atoms with E-state index in [4.69, 9.17) is 9.52 Å². The second kappa shape index (κ2) is 7.87. The number of furan rings is 1. The molecule has 0 atom stereocenters. The van der Waals surface area contributed by atoms with E-state index >= 15 is 0 Å². The number of hydrogen-bond donors (Lipinski definition) is 2. The molecule has 0 aliphatic rings. The highest BCUT2D eigenvalue weighted by molar-refractivity contribution is 7.98. The van der Waals surface area contributed by atoms with Crippen molar-refractivity contribution in [3.05, 3.63) is 53.5 Å². The SMILES string of the molecule is CC(C)CNC(=O)c1ccccc1SCc1occc1C(=O)O. The fourth-order valence-corrected chi connectivity index (χ4v) is 2.96. The van der Waals surface area contributed by atoms with E-state index in [0.717, 1.165) is 4.90 Å². The van der Waals surface area contributed by atoms with Gasteiger partial charge in [-0.1, -0.05) is 26.0 Å². The summed E-state index contributed by atoms with van der Waals surface area (Å²) in [5.74, 6) is -0.0276. The number of amides is 1. The van der Waals surface area contributed by atoms with E-state index in [1.54, 1.807) is 6.07 Å². The molecule has 122 valence electrons. The summed E-state index contributed by atoms with van der Waals surface area (Å²) >= 11 is 1.38. The number of rotatable bonds is 7. The van der Waals surface area contributed by atoms with Crippen LogP contribution in [0.15, 0.2) is 45.9 Å². The van der Waals surface area contributed by atoms with Gasteiger partial charge in [-0.3, -0.25) is 4.79 Å². The van der Waals surface area contributed by atoms with Crippen LogP contribution in [0.1, 0.15) is 40.3 Å². The van der Waals surface area contributed by atoms with Crippen LogP contribution in [0.4, 0.5) is 0 Å². The Labute approximate surface area is 139 Å². The maximum atomic E-state index is 12.3. The molecular weight excluding hydrogens is 314 g/mol. The number of aromatic carboxylic acids is 1. The van der Waals surface area contributed by atoms with Crippen LogP contribution in [0, 0.1) is 5.92 Å². The fourth-order valence-electron chi connectivity index (χ4n) is 1.96. The lowest BCUT2D eigenvalue weighted by molar-refractivity contribution is 0.0694. The molecule has 1 aromatic heterocycles. The quantitative estimate of drug-likeness (QED) is 0.756. The summed E-state index contributed by atoms with van der Waals surface area (Å²) in [5, 5.41) is 12.0. The van der Waals surface area contributed by atoms with Crippen LogP contribution in [0.2, 0.25) is 0 Å². The van der Waals surface area contributed by atoms with Gasteiger partial charge in [-0.25, -0.2) is 4.79 Å². The number of nitrogens with one attached hydrogen (secondary N) is 1. The Bertz CT molecular complexity index is 693. The largest absolute Gasteiger partial charge is 0.478 e. The standard InChI is InChI=1S/C17H19NO4S/c1-11(2)9-18-16(19)13-5-3-4-6-15(13)23-10-14-12(17(20)21)7-8-22-14/h3-8,11H,9-10H2,1-2H3,(H,18,19)(H,20,21). The van der Waals surface area contributed by atoms with Gasteiger partial charge in [-0.15, -0.1) is 11.8 Å². The van der Waals surface area contributed by atoms with Gasteiger partial charge in [-0.2, -0.15) is 0 Å². The average Bonchev–Trinajstić information content (AvgIpc) is 2.99. The van der Waals surface area contributed by atoms with Crippen molar-refractivity contribution in [3.63, 3.8) is 0 Å². The number of carboxylic acid groups (broad SMARTS) is 1. The van der Waals surface area contributed by atoms with Crippen molar-refractivity contribution < 1.29 is 19.1 Å². The number of hydrogen-bond acceptors (Lipinski definition) is 4.